The highest BCUT2D eigenvalue weighted by Crippen LogP contribution is 2.49. The molecule has 0 unspecified atom stereocenters. The number of cyclic esters (lactones) is 1. The number of alkyl halides is 3. The summed E-state index contributed by atoms with van der Waals surface area (Å²) in [7, 11) is 1.36. The Balaban J connectivity index is 1.50. The Hall–Kier alpha value is -3.11. The van der Waals surface area contributed by atoms with Gasteiger partial charge in [-0.3, -0.25) is 4.79 Å². The molecule has 2 aliphatic carbocycles. The van der Waals surface area contributed by atoms with Crippen LogP contribution in [0.5, 0.6) is 0 Å². The number of anilines is 3. The summed E-state index contributed by atoms with van der Waals surface area (Å²) in [5, 5.41) is 10.0. The summed E-state index contributed by atoms with van der Waals surface area (Å²) < 4.78 is 46.2. The van der Waals surface area contributed by atoms with Crippen molar-refractivity contribution in [2.75, 3.05) is 24.3 Å². The number of carbonyl (C=O) groups is 1. The first-order valence-electron chi connectivity index (χ1n) is 9.18. The molecule has 0 spiro atoms. The predicted molar refractivity (Wildman–Crippen MR) is 95.6 cm³/mol. The molecule has 1 aliphatic heterocycles. The molecule has 2 fully saturated rings. The van der Waals surface area contributed by atoms with Crippen LogP contribution in [0.2, 0.25) is 0 Å². The van der Waals surface area contributed by atoms with Crippen molar-refractivity contribution < 1.29 is 22.7 Å². The molecule has 2 atom stereocenters. The normalized spacial score (nSPS) is 25.4. The van der Waals surface area contributed by atoms with E-state index in [0.717, 1.165) is 19.0 Å². The quantitative estimate of drug-likeness (QED) is 0.583. The topological polar surface area (TPSA) is 94.0 Å². The lowest BCUT2D eigenvalue weighted by atomic mass is 9.67. The third kappa shape index (κ3) is 2.67. The standard InChI is InChI=1S/C18H17F3N6O2/c1-22-14-11(18(19,20)21)7-23-16(25-14)24-13-6-12(26-27(13)10-2-3-10)17-5-4-9(17)8-29-15(17)28/h4-7,9-10H,2-3,8H2,1H3,(H2,22,23,24,25)/t9-,17-/m0/s1. The van der Waals surface area contributed by atoms with Crippen LogP contribution in [0.4, 0.5) is 30.8 Å². The second-order valence-electron chi connectivity index (χ2n) is 7.35. The number of aromatic nitrogens is 4. The number of hydrogen-bond donors (Lipinski definition) is 2. The number of carbonyl (C=O) groups excluding carboxylic acids is 1. The number of ether oxygens (including phenoxy) is 1. The molecule has 0 amide bonds. The maximum Gasteiger partial charge on any atom is 0.421 e. The van der Waals surface area contributed by atoms with Crippen LogP contribution in [0, 0.1) is 5.92 Å². The lowest BCUT2D eigenvalue weighted by Gasteiger charge is -2.31. The van der Waals surface area contributed by atoms with E-state index in [0.29, 0.717) is 18.1 Å². The molecule has 1 saturated heterocycles. The molecule has 8 nitrogen and oxygen atoms in total. The lowest BCUT2D eigenvalue weighted by molar-refractivity contribution is -0.141. The van der Waals surface area contributed by atoms with Crippen LogP contribution in [0.15, 0.2) is 24.4 Å². The zero-order chi connectivity index (χ0) is 20.4. The molecule has 1 saturated carbocycles. The number of fused-ring (bicyclic) bond motifs is 1. The second-order valence-corrected chi connectivity index (χ2v) is 7.35. The highest BCUT2D eigenvalue weighted by atomic mass is 19.4. The predicted octanol–water partition coefficient (Wildman–Crippen LogP) is 2.79. The van der Waals surface area contributed by atoms with E-state index < -0.39 is 17.2 Å². The summed E-state index contributed by atoms with van der Waals surface area (Å²) in [6.07, 6.45) is 1.76. The van der Waals surface area contributed by atoms with Crippen molar-refractivity contribution in [1.82, 2.24) is 19.7 Å². The Morgan fingerprint density at radius 2 is 2.14 bits per heavy atom. The Morgan fingerprint density at radius 1 is 1.34 bits per heavy atom. The van der Waals surface area contributed by atoms with Gasteiger partial charge in [-0.05, 0) is 12.8 Å². The molecular formula is C18H17F3N6O2. The van der Waals surface area contributed by atoms with Crippen LogP contribution < -0.4 is 10.6 Å². The van der Waals surface area contributed by atoms with Gasteiger partial charge in [0.1, 0.15) is 22.6 Å². The van der Waals surface area contributed by atoms with Crippen LogP contribution in [0.3, 0.4) is 0 Å². The fourth-order valence-electron chi connectivity index (χ4n) is 3.74. The van der Waals surface area contributed by atoms with Gasteiger partial charge in [0.15, 0.2) is 0 Å². The highest BCUT2D eigenvalue weighted by molar-refractivity contribution is 5.90. The lowest BCUT2D eigenvalue weighted by Crippen LogP contribution is -2.41. The van der Waals surface area contributed by atoms with Crippen LogP contribution in [0.25, 0.3) is 0 Å². The average Bonchev–Trinajstić information content (AvgIpc) is 3.37. The van der Waals surface area contributed by atoms with E-state index in [4.69, 9.17) is 4.74 Å². The van der Waals surface area contributed by atoms with E-state index in [1.54, 1.807) is 16.8 Å². The number of rotatable bonds is 5. The molecule has 29 heavy (non-hydrogen) atoms. The molecule has 152 valence electrons. The van der Waals surface area contributed by atoms with E-state index in [2.05, 4.69) is 25.7 Å². The molecule has 11 heteroatoms. The summed E-state index contributed by atoms with van der Waals surface area (Å²) in [6, 6.07) is 1.89. The van der Waals surface area contributed by atoms with Gasteiger partial charge in [-0.2, -0.15) is 23.3 Å². The zero-order valence-electron chi connectivity index (χ0n) is 15.3. The van der Waals surface area contributed by atoms with Crippen LogP contribution in [-0.2, 0) is 21.1 Å². The second kappa shape index (κ2) is 5.94. The van der Waals surface area contributed by atoms with Gasteiger partial charge < -0.3 is 15.4 Å². The monoisotopic (exact) mass is 406 g/mol. The number of hydrogen-bond acceptors (Lipinski definition) is 7. The molecule has 2 aromatic rings. The van der Waals surface area contributed by atoms with E-state index in [1.807, 2.05) is 6.08 Å². The molecule has 3 heterocycles. The average molecular weight is 406 g/mol. The minimum atomic E-state index is -4.56. The summed E-state index contributed by atoms with van der Waals surface area (Å²) >= 11 is 0. The molecular weight excluding hydrogens is 389 g/mol. The van der Waals surface area contributed by atoms with Crippen molar-refractivity contribution in [3.8, 4) is 0 Å². The molecule has 2 N–H and O–H groups in total. The fourth-order valence-corrected chi connectivity index (χ4v) is 3.74. The maximum atomic E-state index is 13.1. The first kappa shape index (κ1) is 18.0. The summed E-state index contributed by atoms with van der Waals surface area (Å²) in [5.41, 5.74) is -1.27. The summed E-state index contributed by atoms with van der Waals surface area (Å²) in [5.74, 6) is -0.183. The van der Waals surface area contributed by atoms with Gasteiger partial charge in [0.25, 0.3) is 0 Å². The molecule has 0 aromatic carbocycles. The number of nitrogens with zero attached hydrogens (tertiary/aromatic N) is 4. The largest absolute Gasteiger partial charge is 0.464 e. The van der Waals surface area contributed by atoms with Crippen molar-refractivity contribution in [2.24, 2.45) is 5.92 Å². The maximum absolute atomic E-state index is 13.1. The van der Waals surface area contributed by atoms with Gasteiger partial charge in [-0.1, -0.05) is 12.2 Å². The molecule has 3 aliphatic rings. The van der Waals surface area contributed by atoms with Crippen LogP contribution >= 0.6 is 0 Å². The summed E-state index contributed by atoms with van der Waals surface area (Å²) in [6.45, 7) is 0.321. The van der Waals surface area contributed by atoms with Crippen molar-refractivity contribution >= 4 is 23.6 Å². The number of nitrogens with one attached hydrogen (secondary N) is 2. The van der Waals surface area contributed by atoms with E-state index in [1.165, 1.54) is 7.05 Å². The fraction of sp³-hybridized carbons (Fsp3) is 0.444. The van der Waals surface area contributed by atoms with E-state index in [9.17, 15) is 18.0 Å². The first-order valence-corrected chi connectivity index (χ1v) is 9.18. The van der Waals surface area contributed by atoms with Crippen molar-refractivity contribution in [3.63, 3.8) is 0 Å². The van der Waals surface area contributed by atoms with Gasteiger partial charge in [-0.15, -0.1) is 0 Å². The number of halogens is 3. The van der Waals surface area contributed by atoms with E-state index in [-0.39, 0.29) is 29.7 Å². The Labute approximate surface area is 163 Å². The van der Waals surface area contributed by atoms with Gasteiger partial charge in [0.05, 0.1) is 18.3 Å². The van der Waals surface area contributed by atoms with Gasteiger partial charge in [-0.25, -0.2) is 9.67 Å². The Kier molecular flexibility index (Phi) is 3.68. The summed E-state index contributed by atoms with van der Waals surface area (Å²) in [4.78, 5) is 20.1. The smallest absolute Gasteiger partial charge is 0.421 e. The number of esters is 1. The van der Waals surface area contributed by atoms with Gasteiger partial charge in [0.2, 0.25) is 5.95 Å². The van der Waals surface area contributed by atoms with Crippen LogP contribution in [-0.4, -0.2) is 39.4 Å². The van der Waals surface area contributed by atoms with Gasteiger partial charge >= 0.3 is 12.1 Å². The highest BCUT2D eigenvalue weighted by Gasteiger charge is 2.57. The minimum Gasteiger partial charge on any atom is -0.464 e. The van der Waals surface area contributed by atoms with Crippen molar-refractivity contribution in [2.45, 2.75) is 30.5 Å². The molecule has 0 bridgehead atoms. The third-order valence-corrected chi connectivity index (χ3v) is 5.53. The Bertz CT molecular complexity index is 1030. The Morgan fingerprint density at radius 3 is 2.72 bits per heavy atom. The van der Waals surface area contributed by atoms with E-state index >= 15 is 0 Å². The van der Waals surface area contributed by atoms with Crippen molar-refractivity contribution in [1.29, 1.82) is 0 Å². The first-order chi connectivity index (χ1) is 13.8. The minimum absolute atomic E-state index is 0.00269. The third-order valence-electron chi connectivity index (χ3n) is 5.53. The SMILES string of the molecule is CNc1nc(Nc2cc([C@]34C=C[C@H]3COC4=O)nn2C2CC2)ncc1C(F)(F)F. The zero-order valence-corrected chi connectivity index (χ0v) is 15.3. The van der Waals surface area contributed by atoms with Crippen LogP contribution in [0.1, 0.15) is 30.1 Å². The molecule has 5 rings (SSSR count). The molecule has 2 aromatic heterocycles. The van der Waals surface area contributed by atoms with Gasteiger partial charge in [0, 0.05) is 25.2 Å². The van der Waals surface area contributed by atoms with Crippen molar-refractivity contribution in [3.05, 3.63) is 35.7 Å². The molecule has 0 radical (unpaired) electrons.